The van der Waals surface area contributed by atoms with Gasteiger partial charge in [0.25, 0.3) is 0 Å². The van der Waals surface area contributed by atoms with E-state index in [0.29, 0.717) is 6.42 Å². The summed E-state index contributed by atoms with van der Waals surface area (Å²) in [7, 11) is 3.69. The van der Waals surface area contributed by atoms with Gasteiger partial charge in [0.1, 0.15) is 0 Å². The lowest BCUT2D eigenvalue weighted by molar-refractivity contribution is -0.151. The van der Waals surface area contributed by atoms with Gasteiger partial charge in [-0.2, -0.15) is 0 Å². The third kappa shape index (κ3) is 3.67. The van der Waals surface area contributed by atoms with E-state index in [2.05, 4.69) is 0 Å². The van der Waals surface area contributed by atoms with Gasteiger partial charge in [-0.1, -0.05) is 30.3 Å². The molecule has 0 saturated carbocycles. The molecule has 0 spiro atoms. The summed E-state index contributed by atoms with van der Waals surface area (Å²) >= 11 is 0. The van der Waals surface area contributed by atoms with Crippen LogP contribution in [-0.2, 0) is 16.0 Å². The summed E-state index contributed by atoms with van der Waals surface area (Å²) in [5.41, 5.74) is 0.978. The minimum absolute atomic E-state index is 0.117. The van der Waals surface area contributed by atoms with Gasteiger partial charge in [-0.15, -0.1) is 0 Å². The standard InChI is InChI=1S/C14H19NO3/c1-10(15(2)3)12(13(16)14(17)18)9-11-7-5-4-6-8-11/h4-8,10,12H,9H2,1-3H3,(H,17,18). The van der Waals surface area contributed by atoms with Crippen LogP contribution in [0.1, 0.15) is 12.5 Å². The normalized spacial score (nSPS) is 14.2. The maximum absolute atomic E-state index is 11.8. The van der Waals surface area contributed by atoms with Gasteiger partial charge in [0.15, 0.2) is 0 Å². The number of benzene rings is 1. The Morgan fingerprint density at radius 3 is 2.22 bits per heavy atom. The molecule has 0 bridgehead atoms. The summed E-state index contributed by atoms with van der Waals surface area (Å²) in [6.07, 6.45) is 0.450. The Hall–Kier alpha value is -1.68. The van der Waals surface area contributed by atoms with E-state index in [-0.39, 0.29) is 6.04 Å². The summed E-state index contributed by atoms with van der Waals surface area (Å²) in [6, 6.07) is 9.37. The Labute approximate surface area is 107 Å². The third-order valence-corrected chi connectivity index (χ3v) is 3.24. The van der Waals surface area contributed by atoms with Crippen LogP contribution in [0.4, 0.5) is 0 Å². The molecule has 1 N–H and O–H groups in total. The van der Waals surface area contributed by atoms with E-state index < -0.39 is 17.7 Å². The number of rotatable bonds is 6. The highest BCUT2D eigenvalue weighted by Crippen LogP contribution is 2.17. The number of aliphatic carboxylic acids is 1. The molecule has 98 valence electrons. The molecule has 0 saturated heterocycles. The van der Waals surface area contributed by atoms with Crippen LogP contribution in [0.2, 0.25) is 0 Å². The Morgan fingerprint density at radius 1 is 1.22 bits per heavy atom. The fraction of sp³-hybridized carbons (Fsp3) is 0.429. The van der Waals surface area contributed by atoms with Crippen LogP contribution in [0, 0.1) is 5.92 Å². The zero-order valence-corrected chi connectivity index (χ0v) is 11.0. The van der Waals surface area contributed by atoms with E-state index in [1.165, 1.54) is 0 Å². The Bertz CT molecular complexity index is 414. The second kappa shape index (κ2) is 6.31. The van der Waals surface area contributed by atoms with E-state index in [4.69, 9.17) is 5.11 Å². The van der Waals surface area contributed by atoms with Crippen molar-refractivity contribution in [3.63, 3.8) is 0 Å². The number of ketones is 1. The van der Waals surface area contributed by atoms with Crippen molar-refractivity contribution >= 4 is 11.8 Å². The number of nitrogens with zero attached hydrogens (tertiary/aromatic N) is 1. The molecule has 4 nitrogen and oxygen atoms in total. The van der Waals surface area contributed by atoms with Crippen LogP contribution in [-0.4, -0.2) is 41.9 Å². The van der Waals surface area contributed by atoms with E-state index in [1.54, 1.807) is 0 Å². The molecule has 0 aromatic heterocycles. The van der Waals surface area contributed by atoms with Crippen molar-refractivity contribution in [3.8, 4) is 0 Å². The molecule has 0 aliphatic heterocycles. The molecular weight excluding hydrogens is 230 g/mol. The first-order chi connectivity index (χ1) is 8.43. The topological polar surface area (TPSA) is 57.6 Å². The molecule has 18 heavy (non-hydrogen) atoms. The fourth-order valence-electron chi connectivity index (χ4n) is 1.87. The van der Waals surface area contributed by atoms with Gasteiger partial charge in [-0.25, -0.2) is 4.79 Å². The third-order valence-electron chi connectivity index (χ3n) is 3.24. The molecule has 1 aromatic carbocycles. The highest BCUT2D eigenvalue weighted by molar-refractivity contribution is 6.33. The minimum atomic E-state index is -1.36. The van der Waals surface area contributed by atoms with Crippen LogP contribution in [0.5, 0.6) is 0 Å². The van der Waals surface area contributed by atoms with Crippen molar-refractivity contribution in [1.82, 2.24) is 4.90 Å². The first kappa shape index (κ1) is 14.4. The zero-order chi connectivity index (χ0) is 13.7. The summed E-state index contributed by atoms with van der Waals surface area (Å²) in [6.45, 7) is 1.87. The molecule has 0 radical (unpaired) electrons. The highest BCUT2D eigenvalue weighted by atomic mass is 16.4. The Morgan fingerprint density at radius 2 is 1.78 bits per heavy atom. The first-order valence-corrected chi connectivity index (χ1v) is 5.91. The number of Topliss-reactive ketones (excluding diaryl/α,β-unsaturated/α-hetero) is 1. The number of hydrogen-bond acceptors (Lipinski definition) is 3. The Kier molecular flexibility index (Phi) is 5.04. The summed E-state index contributed by atoms with van der Waals surface area (Å²) in [5, 5.41) is 8.89. The number of hydrogen-bond donors (Lipinski definition) is 1. The maximum atomic E-state index is 11.8. The molecule has 0 amide bonds. The van der Waals surface area contributed by atoms with Crippen molar-refractivity contribution in [3.05, 3.63) is 35.9 Å². The second-order valence-corrected chi connectivity index (χ2v) is 4.67. The first-order valence-electron chi connectivity index (χ1n) is 5.91. The SMILES string of the molecule is CC(C(Cc1ccccc1)C(=O)C(=O)O)N(C)C. The van der Waals surface area contributed by atoms with Crippen molar-refractivity contribution in [2.45, 2.75) is 19.4 Å². The summed E-state index contributed by atoms with van der Waals surface area (Å²) in [5.74, 6) is -2.61. The molecule has 0 aliphatic rings. The van der Waals surface area contributed by atoms with Crippen LogP contribution >= 0.6 is 0 Å². The average molecular weight is 249 g/mol. The van der Waals surface area contributed by atoms with Gasteiger partial charge in [0.05, 0.1) is 0 Å². The largest absolute Gasteiger partial charge is 0.475 e. The van der Waals surface area contributed by atoms with Crippen LogP contribution in [0.25, 0.3) is 0 Å². The van der Waals surface area contributed by atoms with E-state index in [9.17, 15) is 9.59 Å². The lowest BCUT2D eigenvalue weighted by Gasteiger charge is -2.27. The van der Waals surface area contributed by atoms with E-state index >= 15 is 0 Å². The van der Waals surface area contributed by atoms with Crippen molar-refractivity contribution in [2.24, 2.45) is 5.92 Å². The van der Waals surface area contributed by atoms with Gasteiger partial charge in [-0.3, -0.25) is 4.79 Å². The van der Waals surface area contributed by atoms with Crippen molar-refractivity contribution in [1.29, 1.82) is 0 Å². The van der Waals surface area contributed by atoms with Crippen molar-refractivity contribution in [2.75, 3.05) is 14.1 Å². The van der Waals surface area contributed by atoms with Gasteiger partial charge in [0.2, 0.25) is 5.78 Å². The van der Waals surface area contributed by atoms with Crippen LogP contribution < -0.4 is 0 Å². The van der Waals surface area contributed by atoms with Crippen molar-refractivity contribution < 1.29 is 14.7 Å². The van der Waals surface area contributed by atoms with Gasteiger partial charge < -0.3 is 10.0 Å². The predicted molar refractivity (Wildman–Crippen MR) is 69.4 cm³/mol. The van der Waals surface area contributed by atoms with Crippen LogP contribution in [0.3, 0.4) is 0 Å². The molecular formula is C14H19NO3. The predicted octanol–water partition coefficient (Wildman–Crippen LogP) is 1.45. The molecule has 0 fully saturated rings. The van der Waals surface area contributed by atoms with Gasteiger partial charge in [0, 0.05) is 12.0 Å². The number of carbonyl (C=O) groups is 2. The Balaban J connectivity index is 2.91. The van der Waals surface area contributed by atoms with Gasteiger partial charge >= 0.3 is 5.97 Å². The zero-order valence-electron chi connectivity index (χ0n) is 11.0. The second-order valence-electron chi connectivity index (χ2n) is 4.67. The quantitative estimate of drug-likeness (QED) is 0.775. The molecule has 2 atom stereocenters. The number of carboxylic acids is 1. The lowest BCUT2D eigenvalue weighted by atomic mass is 9.88. The monoisotopic (exact) mass is 249 g/mol. The highest BCUT2D eigenvalue weighted by Gasteiger charge is 2.31. The molecule has 2 unspecified atom stereocenters. The smallest absolute Gasteiger partial charge is 0.372 e. The summed E-state index contributed by atoms with van der Waals surface area (Å²) in [4.78, 5) is 24.5. The van der Waals surface area contributed by atoms with Crippen LogP contribution in [0.15, 0.2) is 30.3 Å². The molecule has 4 heteroatoms. The lowest BCUT2D eigenvalue weighted by Crippen LogP contribution is -2.41. The minimum Gasteiger partial charge on any atom is -0.475 e. The van der Waals surface area contributed by atoms with E-state index in [1.807, 2.05) is 56.3 Å². The van der Waals surface area contributed by atoms with Gasteiger partial charge in [-0.05, 0) is 33.0 Å². The maximum Gasteiger partial charge on any atom is 0.372 e. The molecule has 0 aliphatic carbocycles. The number of carboxylic acid groups (broad SMARTS) is 1. The molecule has 0 heterocycles. The molecule has 1 aromatic rings. The molecule has 1 rings (SSSR count). The average Bonchev–Trinajstić information content (AvgIpc) is 2.35. The summed E-state index contributed by atoms with van der Waals surface area (Å²) < 4.78 is 0. The fourth-order valence-corrected chi connectivity index (χ4v) is 1.87. The number of carbonyl (C=O) groups excluding carboxylic acids is 1. The van der Waals surface area contributed by atoms with E-state index in [0.717, 1.165) is 5.56 Å².